The summed E-state index contributed by atoms with van der Waals surface area (Å²) in [5.41, 5.74) is 0.361. The summed E-state index contributed by atoms with van der Waals surface area (Å²) in [7, 11) is 0. The minimum Gasteiger partial charge on any atom is -0.348 e. The molecule has 0 spiro atoms. The third kappa shape index (κ3) is 4.94. The van der Waals surface area contributed by atoms with Crippen molar-refractivity contribution in [3.63, 3.8) is 0 Å². The summed E-state index contributed by atoms with van der Waals surface area (Å²) in [5, 5.41) is 17.3. The van der Waals surface area contributed by atoms with Gasteiger partial charge in [-0.05, 0) is 51.6 Å². The molecule has 0 bridgehead atoms. The predicted molar refractivity (Wildman–Crippen MR) is 96.7 cm³/mol. The first-order valence-corrected chi connectivity index (χ1v) is 9.60. The summed E-state index contributed by atoms with van der Waals surface area (Å²) in [5.74, 6) is 0.356. The summed E-state index contributed by atoms with van der Waals surface area (Å²) in [4.78, 5) is 26.0. The second-order valence-corrected chi connectivity index (χ2v) is 7.11. The number of nitrogens with zero attached hydrogens (tertiary/aromatic N) is 4. The maximum atomic E-state index is 12.4. The number of nitrogens with one attached hydrogen (secondary N) is 3. The molecule has 3 N–H and O–H groups in total. The van der Waals surface area contributed by atoms with Crippen LogP contribution in [0.2, 0.25) is 0 Å². The van der Waals surface area contributed by atoms with Crippen molar-refractivity contribution in [2.75, 3.05) is 32.7 Å². The van der Waals surface area contributed by atoms with Crippen molar-refractivity contribution in [2.45, 2.75) is 45.2 Å². The molecule has 2 aliphatic rings. The molecule has 26 heavy (non-hydrogen) atoms. The first kappa shape index (κ1) is 18.6. The molecular formula is C17H29N7O2. The molecule has 9 heteroatoms. The zero-order valence-electron chi connectivity index (χ0n) is 15.4. The van der Waals surface area contributed by atoms with E-state index in [2.05, 4.69) is 26.3 Å². The van der Waals surface area contributed by atoms with Crippen LogP contribution in [0.15, 0.2) is 6.20 Å². The van der Waals surface area contributed by atoms with Crippen LogP contribution in [0.25, 0.3) is 0 Å². The van der Waals surface area contributed by atoms with Crippen LogP contribution >= 0.6 is 0 Å². The Hall–Kier alpha value is -2.16. The molecule has 3 amide bonds. The van der Waals surface area contributed by atoms with Gasteiger partial charge in [-0.25, -0.2) is 4.79 Å². The molecule has 144 valence electrons. The van der Waals surface area contributed by atoms with Crippen molar-refractivity contribution in [1.82, 2.24) is 35.8 Å². The van der Waals surface area contributed by atoms with Gasteiger partial charge in [-0.1, -0.05) is 5.21 Å². The minimum absolute atomic E-state index is 0.0302. The van der Waals surface area contributed by atoms with Gasteiger partial charge >= 0.3 is 6.03 Å². The normalized spacial score (nSPS) is 21.4. The van der Waals surface area contributed by atoms with Crippen LogP contribution in [0, 0.1) is 5.92 Å². The van der Waals surface area contributed by atoms with E-state index in [-0.39, 0.29) is 18.0 Å². The fraction of sp³-hybridized carbons (Fsp3) is 0.765. The zero-order chi connectivity index (χ0) is 18.4. The molecule has 3 heterocycles. The van der Waals surface area contributed by atoms with Gasteiger partial charge in [-0.2, -0.15) is 0 Å². The van der Waals surface area contributed by atoms with E-state index < -0.39 is 0 Å². The topological polar surface area (TPSA) is 104 Å². The molecule has 0 aromatic carbocycles. The molecule has 0 saturated carbocycles. The number of amides is 3. The number of likely N-dealkylation sites (tertiary alicyclic amines) is 1. The first-order valence-electron chi connectivity index (χ1n) is 9.60. The molecule has 0 aliphatic carbocycles. The summed E-state index contributed by atoms with van der Waals surface area (Å²) in [6.45, 7) is 6.70. The van der Waals surface area contributed by atoms with Crippen LogP contribution in [0.4, 0.5) is 4.79 Å². The Kier molecular flexibility index (Phi) is 6.43. The molecule has 1 aromatic rings. The van der Waals surface area contributed by atoms with Crippen molar-refractivity contribution in [1.29, 1.82) is 0 Å². The van der Waals surface area contributed by atoms with Crippen LogP contribution in [0.3, 0.4) is 0 Å². The average molecular weight is 363 g/mol. The van der Waals surface area contributed by atoms with Crippen molar-refractivity contribution in [2.24, 2.45) is 5.92 Å². The van der Waals surface area contributed by atoms with E-state index in [1.165, 1.54) is 12.8 Å². The van der Waals surface area contributed by atoms with Crippen molar-refractivity contribution in [3.05, 3.63) is 11.9 Å². The lowest BCUT2D eigenvalue weighted by atomic mass is 10.00. The number of carbonyl (C=O) groups excluding carboxylic acids is 2. The standard InChI is InChI=1S/C17H29N7O2/c1-2-19-17(26)23-8-5-14(6-9-23)20-16(25)15-12-24(22-21-15)11-13-4-3-7-18-10-13/h12-14,18H,2-11H2,1H3,(H,19,26)(H,20,25)/t13-/m1/s1. The van der Waals surface area contributed by atoms with E-state index >= 15 is 0 Å². The highest BCUT2D eigenvalue weighted by molar-refractivity contribution is 5.92. The van der Waals surface area contributed by atoms with E-state index in [0.29, 0.717) is 31.2 Å². The van der Waals surface area contributed by atoms with E-state index in [1.807, 2.05) is 6.92 Å². The van der Waals surface area contributed by atoms with E-state index in [9.17, 15) is 9.59 Å². The minimum atomic E-state index is -0.186. The van der Waals surface area contributed by atoms with Gasteiger partial charge in [-0.3, -0.25) is 9.48 Å². The maximum Gasteiger partial charge on any atom is 0.317 e. The fourth-order valence-corrected chi connectivity index (χ4v) is 3.59. The SMILES string of the molecule is CCNC(=O)N1CCC(NC(=O)c2cn(C[C@@H]3CCCNC3)nn2)CC1. The predicted octanol–water partition coefficient (Wildman–Crippen LogP) is 0.201. The number of rotatable bonds is 5. The molecule has 1 aromatic heterocycles. The largest absolute Gasteiger partial charge is 0.348 e. The Morgan fingerprint density at radius 2 is 2.12 bits per heavy atom. The Morgan fingerprint density at radius 1 is 1.31 bits per heavy atom. The highest BCUT2D eigenvalue weighted by Gasteiger charge is 2.24. The number of hydrogen-bond donors (Lipinski definition) is 3. The second-order valence-electron chi connectivity index (χ2n) is 7.11. The smallest absolute Gasteiger partial charge is 0.317 e. The average Bonchev–Trinajstić information content (AvgIpc) is 3.12. The van der Waals surface area contributed by atoms with Gasteiger partial charge in [-0.15, -0.1) is 5.10 Å². The molecule has 9 nitrogen and oxygen atoms in total. The van der Waals surface area contributed by atoms with Gasteiger partial charge in [0.15, 0.2) is 5.69 Å². The molecular weight excluding hydrogens is 334 g/mol. The summed E-state index contributed by atoms with van der Waals surface area (Å²) in [6, 6.07) is 0.0401. The van der Waals surface area contributed by atoms with Crippen LogP contribution < -0.4 is 16.0 Å². The number of hydrogen-bond acceptors (Lipinski definition) is 5. The summed E-state index contributed by atoms with van der Waals surface area (Å²) in [6.07, 6.45) is 5.60. The van der Waals surface area contributed by atoms with Gasteiger partial charge < -0.3 is 20.9 Å². The monoisotopic (exact) mass is 363 g/mol. The highest BCUT2D eigenvalue weighted by Crippen LogP contribution is 2.13. The van der Waals surface area contributed by atoms with E-state index in [0.717, 1.165) is 32.5 Å². The lowest BCUT2D eigenvalue weighted by Crippen LogP contribution is -2.49. The van der Waals surface area contributed by atoms with Gasteiger partial charge in [0.1, 0.15) is 0 Å². The maximum absolute atomic E-state index is 12.4. The molecule has 2 aliphatic heterocycles. The van der Waals surface area contributed by atoms with Crippen LogP contribution in [-0.4, -0.2) is 70.6 Å². The fourth-order valence-electron chi connectivity index (χ4n) is 3.59. The Labute approximate surface area is 153 Å². The lowest BCUT2D eigenvalue weighted by Gasteiger charge is -2.32. The Balaban J connectivity index is 1.44. The Morgan fingerprint density at radius 3 is 2.81 bits per heavy atom. The molecule has 2 saturated heterocycles. The highest BCUT2D eigenvalue weighted by atomic mass is 16.2. The first-order chi connectivity index (χ1) is 12.7. The Bertz CT molecular complexity index is 604. The molecule has 2 fully saturated rings. The summed E-state index contributed by atoms with van der Waals surface area (Å²) >= 11 is 0. The van der Waals surface area contributed by atoms with Crippen molar-refractivity contribution >= 4 is 11.9 Å². The van der Waals surface area contributed by atoms with Crippen LogP contribution in [0.5, 0.6) is 0 Å². The van der Waals surface area contributed by atoms with Gasteiger partial charge in [0.05, 0.1) is 6.20 Å². The number of carbonyl (C=O) groups is 2. The molecule has 1 atom stereocenters. The van der Waals surface area contributed by atoms with Crippen LogP contribution in [0.1, 0.15) is 43.1 Å². The number of piperidine rings is 2. The molecule has 0 unspecified atom stereocenters. The van der Waals surface area contributed by atoms with E-state index in [1.54, 1.807) is 15.8 Å². The van der Waals surface area contributed by atoms with Crippen molar-refractivity contribution in [3.8, 4) is 0 Å². The van der Waals surface area contributed by atoms with Crippen molar-refractivity contribution < 1.29 is 9.59 Å². The molecule has 3 rings (SSSR count). The summed E-state index contributed by atoms with van der Waals surface area (Å²) < 4.78 is 1.77. The quantitative estimate of drug-likeness (QED) is 0.693. The second kappa shape index (κ2) is 8.98. The van der Waals surface area contributed by atoms with Gasteiger partial charge in [0.2, 0.25) is 0 Å². The lowest BCUT2D eigenvalue weighted by molar-refractivity contribution is 0.0913. The van der Waals surface area contributed by atoms with Gasteiger partial charge in [0.25, 0.3) is 5.91 Å². The van der Waals surface area contributed by atoms with Gasteiger partial charge in [0, 0.05) is 32.2 Å². The van der Waals surface area contributed by atoms with Crippen LogP contribution in [-0.2, 0) is 6.54 Å². The third-order valence-corrected chi connectivity index (χ3v) is 5.06. The molecule has 0 radical (unpaired) electrons. The third-order valence-electron chi connectivity index (χ3n) is 5.06. The number of aromatic nitrogens is 3. The number of urea groups is 1. The zero-order valence-corrected chi connectivity index (χ0v) is 15.4. The van der Waals surface area contributed by atoms with E-state index in [4.69, 9.17) is 0 Å².